The molecule has 4 rings (SSSR count). The van der Waals surface area contributed by atoms with Crippen LogP contribution in [-0.2, 0) is 0 Å². The minimum atomic E-state index is -0.617. The van der Waals surface area contributed by atoms with E-state index in [0.717, 1.165) is 31.9 Å². The molecule has 32 heavy (non-hydrogen) atoms. The van der Waals surface area contributed by atoms with Crippen LogP contribution in [-0.4, -0.2) is 66.4 Å². The average molecular weight is 436 g/mol. The molecule has 0 atom stereocenters. The molecule has 2 heterocycles. The number of likely N-dealkylation sites (N-methyl/N-ethyl adjacent to an activating group) is 1. The lowest BCUT2D eigenvalue weighted by atomic mass is 10.1. The summed E-state index contributed by atoms with van der Waals surface area (Å²) in [6.07, 6.45) is 0. The van der Waals surface area contributed by atoms with Crippen LogP contribution < -0.4 is 15.5 Å². The van der Waals surface area contributed by atoms with Crippen molar-refractivity contribution in [2.75, 3.05) is 48.8 Å². The smallest absolute Gasteiger partial charge is 0.323 e. The molecule has 0 unspecified atom stereocenters. The van der Waals surface area contributed by atoms with E-state index in [1.807, 2.05) is 45.0 Å². The Morgan fingerprint density at radius 1 is 0.812 bits per heavy atom. The molecule has 2 N–H and O–H groups in total. The lowest BCUT2D eigenvalue weighted by molar-refractivity contribution is 0.0507. The van der Waals surface area contributed by atoms with Gasteiger partial charge in [0.05, 0.1) is 11.1 Å². The molecule has 8 heteroatoms. The Balaban J connectivity index is 1.40. The van der Waals surface area contributed by atoms with Crippen molar-refractivity contribution in [3.8, 4) is 0 Å². The molecule has 4 amide bonds. The first-order chi connectivity index (χ1) is 15.1. The number of imide groups is 1. The van der Waals surface area contributed by atoms with Gasteiger partial charge in [-0.3, -0.25) is 14.5 Å². The first-order valence-electron chi connectivity index (χ1n) is 10.8. The zero-order valence-electron chi connectivity index (χ0n) is 18.9. The first kappa shape index (κ1) is 21.8. The Kier molecular flexibility index (Phi) is 5.64. The molecule has 0 aromatic heterocycles. The number of carbonyl (C=O) groups is 3. The van der Waals surface area contributed by atoms with Crippen LogP contribution in [0.2, 0.25) is 0 Å². The van der Waals surface area contributed by atoms with Gasteiger partial charge in [-0.2, -0.15) is 0 Å². The Morgan fingerprint density at radius 3 is 2.00 bits per heavy atom. The van der Waals surface area contributed by atoms with E-state index in [2.05, 4.69) is 27.5 Å². The topological polar surface area (TPSA) is 85.0 Å². The molecule has 0 saturated carbocycles. The molecule has 168 valence electrons. The number of nitrogens with zero attached hydrogens (tertiary/aromatic N) is 3. The summed E-state index contributed by atoms with van der Waals surface area (Å²) in [5, 5.41) is 5.55. The number of urea groups is 1. The zero-order chi connectivity index (χ0) is 23.0. The lowest BCUT2D eigenvalue weighted by Crippen LogP contribution is -2.45. The number of benzene rings is 2. The predicted octanol–water partition coefficient (Wildman–Crippen LogP) is 3.48. The van der Waals surface area contributed by atoms with E-state index in [9.17, 15) is 14.4 Å². The van der Waals surface area contributed by atoms with Crippen LogP contribution in [0.1, 0.15) is 41.5 Å². The Morgan fingerprint density at radius 2 is 1.38 bits per heavy atom. The molecule has 8 nitrogen and oxygen atoms in total. The quantitative estimate of drug-likeness (QED) is 0.721. The highest BCUT2D eigenvalue weighted by atomic mass is 16.2. The zero-order valence-corrected chi connectivity index (χ0v) is 18.9. The monoisotopic (exact) mass is 435 g/mol. The highest BCUT2D eigenvalue weighted by Crippen LogP contribution is 2.31. The van der Waals surface area contributed by atoms with E-state index in [1.165, 1.54) is 4.90 Å². The number of piperazine rings is 1. The average Bonchev–Trinajstić information content (AvgIpc) is 2.99. The predicted molar refractivity (Wildman–Crippen MR) is 125 cm³/mol. The van der Waals surface area contributed by atoms with Crippen LogP contribution in [0.25, 0.3) is 0 Å². The molecule has 2 aliphatic heterocycles. The van der Waals surface area contributed by atoms with Gasteiger partial charge in [0.2, 0.25) is 0 Å². The molecule has 0 aliphatic carbocycles. The van der Waals surface area contributed by atoms with Gasteiger partial charge in [-0.1, -0.05) is 0 Å². The summed E-state index contributed by atoms with van der Waals surface area (Å²) in [5.41, 5.74) is 2.30. The highest BCUT2D eigenvalue weighted by Gasteiger charge is 2.41. The van der Waals surface area contributed by atoms with E-state index in [-0.39, 0.29) is 11.8 Å². The van der Waals surface area contributed by atoms with Gasteiger partial charge >= 0.3 is 6.03 Å². The number of fused-ring (bicyclic) bond motifs is 1. The van der Waals surface area contributed by atoms with Gasteiger partial charge in [-0.05, 0) is 70.3 Å². The van der Waals surface area contributed by atoms with E-state index in [1.54, 1.807) is 18.2 Å². The fraction of sp³-hybridized carbons (Fsp3) is 0.375. The number of rotatable bonds is 3. The van der Waals surface area contributed by atoms with Gasteiger partial charge in [0.15, 0.2) is 0 Å². The minimum Gasteiger partial charge on any atom is -0.369 e. The van der Waals surface area contributed by atoms with Crippen molar-refractivity contribution in [1.29, 1.82) is 0 Å². The summed E-state index contributed by atoms with van der Waals surface area (Å²) < 4.78 is 0. The summed E-state index contributed by atoms with van der Waals surface area (Å²) in [6.45, 7) is 9.48. The van der Waals surface area contributed by atoms with E-state index < -0.39 is 11.6 Å². The van der Waals surface area contributed by atoms with Crippen molar-refractivity contribution in [3.05, 3.63) is 53.6 Å². The van der Waals surface area contributed by atoms with Crippen LogP contribution >= 0.6 is 0 Å². The van der Waals surface area contributed by atoms with Crippen LogP contribution in [0.15, 0.2) is 42.5 Å². The van der Waals surface area contributed by atoms with Gasteiger partial charge in [0, 0.05) is 48.8 Å². The fourth-order valence-electron chi connectivity index (χ4n) is 4.04. The minimum absolute atomic E-state index is 0.305. The second kappa shape index (κ2) is 8.27. The lowest BCUT2D eigenvalue weighted by Gasteiger charge is -2.34. The number of hydrogen-bond acceptors (Lipinski definition) is 5. The largest absolute Gasteiger partial charge is 0.369 e. The third-order valence-corrected chi connectivity index (χ3v) is 5.81. The number of nitrogens with one attached hydrogen (secondary N) is 2. The molecule has 2 aromatic carbocycles. The Bertz CT molecular complexity index is 1050. The van der Waals surface area contributed by atoms with Gasteiger partial charge in [0.1, 0.15) is 0 Å². The van der Waals surface area contributed by atoms with E-state index in [0.29, 0.717) is 22.5 Å². The van der Waals surface area contributed by atoms with Crippen molar-refractivity contribution in [3.63, 3.8) is 0 Å². The van der Waals surface area contributed by atoms with Crippen LogP contribution in [0.4, 0.5) is 21.9 Å². The molecule has 2 aliphatic rings. The Labute approximate surface area is 188 Å². The molecule has 0 bridgehead atoms. The third kappa shape index (κ3) is 4.31. The van der Waals surface area contributed by atoms with Crippen molar-refractivity contribution < 1.29 is 14.4 Å². The maximum Gasteiger partial charge on any atom is 0.323 e. The van der Waals surface area contributed by atoms with Crippen LogP contribution in [0, 0.1) is 0 Å². The third-order valence-electron chi connectivity index (χ3n) is 5.81. The summed E-state index contributed by atoms with van der Waals surface area (Å²) in [7, 11) is 2.12. The van der Waals surface area contributed by atoms with E-state index >= 15 is 0 Å². The fourth-order valence-corrected chi connectivity index (χ4v) is 4.04. The second-order valence-corrected chi connectivity index (χ2v) is 9.29. The molecule has 0 spiro atoms. The first-order valence-corrected chi connectivity index (χ1v) is 10.8. The van der Waals surface area contributed by atoms with Gasteiger partial charge in [0.25, 0.3) is 11.8 Å². The molecule has 1 fully saturated rings. The van der Waals surface area contributed by atoms with Gasteiger partial charge in [-0.25, -0.2) is 4.79 Å². The van der Waals surface area contributed by atoms with Crippen molar-refractivity contribution in [2.45, 2.75) is 26.3 Å². The highest BCUT2D eigenvalue weighted by molar-refractivity contribution is 6.22. The van der Waals surface area contributed by atoms with Crippen molar-refractivity contribution in [1.82, 2.24) is 9.80 Å². The summed E-state index contributed by atoms with van der Waals surface area (Å²) in [5.74, 6) is -0.657. The molecule has 0 radical (unpaired) electrons. The summed E-state index contributed by atoms with van der Waals surface area (Å²) >= 11 is 0. The molecule has 1 saturated heterocycles. The number of carbonyl (C=O) groups excluding carboxylic acids is 3. The van der Waals surface area contributed by atoms with Gasteiger partial charge in [-0.15, -0.1) is 0 Å². The van der Waals surface area contributed by atoms with Crippen molar-refractivity contribution in [2.24, 2.45) is 0 Å². The number of hydrogen-bond donors (Lipinski definition) is 2. The van der Waals surface area contributed by atoms with Crippen LogP contribution in [0.3, 0.4) is 0 Å². The standard InChI is InChI=1S/C24H29N5O3/c1-24(2,3)29-21(30)19-10-7-17(15-20(19)22(29)31)26-23(32)25-16-5-8-18(9-6-16)28-13-11-27(4)12-14-28/h5-10,15H,11-14H2,1-4H3,(H2,25,26,32). The second-order valence-electron chi connectivity index (χ2n) is 9.29. The van der Waals surface area contributed by atoms with E-state index in [4.69, 9.17) is 0 Å². The summed E-state index contributed by atoms with van der Waals surface area (Å²) in [6, 6.07) is 12.1. The maximum absolute atomic E-state index is 12.7. The SMILES string of the molecule is CN1CCN(c2ccc(NC(=O)Nc3ccc4c(c3)C(=O)N(C(C)(C)C)C4=O)cc2)CC1. The number of amides is 4. The maximum atomic E-state index is 12.7. The van der Waals surface area contributed by atoms with Gasteiger partial charge < -0.3 is 20.4 Å². The Hall–Kier alpha value is -3.39. The van der Waals surface area contributed by atoms with Crippen LogP contribution in [0.5, 0.6) is 0 Å². The van der Waals surface area contributed by atoms with Crippen molar-refractivity contribution >= 4 is 34.9 Å². The molecule has 2 aromatic rings. The number of anilines is 3. The molecular weight excluding hydrogens is 406 g/mol. The normalized spacial score (nSPS) is 16.9. The molecular formula is C24H29N5O3. The summed E-state index contributed by atoms with van der Waals surface area (Å²) in [4.78, 5) is 43.7.